The Bertz CT molecular complexity index is 861. The maximum Gasteiger partial charge on any atom is 0.262 e. The van der Waals surface area contributed by atoms with Crippen LogP contribution in [0.25, 0.3) is 0 Å². The summed E-state index contributed by atoms with van der Waals surface area (Å²) in [6, 6.07) is 9.90. The molecule has 5 nitrogen and oxygen atoms in total. The molecule has 2 aromatic carbocycles. The van der Waals surface area contributed by atoms with E-state index in [9.17, 15) is 13.2 Å². The van der Waals surface area contributed by atoms with Crippen LogP contribution in [0.15, 0.2) is 50.2 Å². The van der Waals surface area contributed by atoms with Crippen molar-refractivity contribution in [1.82, 2.24) is 0 Å². The minimum absolute atomic E-state index is 0.121. The van der Waals surface area contributed by atoms with Crippen LogP contribution in [0.5, 0.6) is 0 Å². The first kappa shape index (κ1) is 15.5. The molecule has 0 spiro atoms. The standard InChI is InChI=1S/C14H10Br2N2O3S/c15-9-5-10(16)7-11(6-9)22(20,21)18-12-3-1-2-8-4-13(19)17-14(8)12/h1-3,5-7,18H,4H2,(H,17,19). The average molecular weight is 446 g/mol. The second-order valence-corrected chi connectivity index (χ2v) is 8.29. The SMILES string of the molecule is O=C1Cc2cccc(NS(=O)(=O)c3cc(Br)cc(Br)c3)c2N1. The largest absolute Gasteiger partial charge is 0.324 e. The smallest absolute Gasteiger partial charge is 0.262 e. The molecule has 1 aliphatic rings. The molecule has 1 heterocycles. The fourth-order valence-electron chi connectivity index (χ4n) is 2.22. The van der Waals surface area contributed by atoms with Gasteiger partial charge in [0.2, 0.25) is 5.91 Å². The summed E-state index contributed by atoms with van der Waals surface area (Å²) < 4.78 is 28.9. The number of fused-ring (bicyclic) bond motifs is 1. The molecule has 0 aromatic heterocycles. The zero-order chi connectivity index (χ0) is 15.9. The number of nitrogens with one attached hydrogen (secondary N) is 2. The van der Waals surface area contributed by atoms with Crippen LogP contribution in [0.3, 0.4) is 0 Å². The van der Waals surface area contributed by atoms with Crippen LogP contribution >= 0.6 is 31.9 Å². The van der Waals surface area contributed by atoms with Gasteiger partial charge in [-0.1, -0.05) is 44.0 Å². The molecule has 1 aliphatic heterocycles. The van der Waals surface area contributed by atoms with Gasteiger partial charge in [-0.2, -0.15) is 0 Å². The molecule has 2 N–H and O–H groups in total. The summed E-state index contributed by atoms with van der Waals surface area (Å²) in [4.78, 5) is 11.6. The molecular weight excluding hydrogens is 436 g/mol. The van der Waals surface area contributed by atoms with Crippen molar-refractivity contribution in [3.63, 3.8) is 0 Å². The van der Waals surface area contributed by atoms with Gasteiger partial charge in [-0.05, 0) is 29.8 Å². The molecule has 1 amide bonds. The van der Waals surface area contributed by atoms with Gasteiger partial charge in [0, 0.05) is 8.95 Å². The zero-order valence-electron chi connectivity index (χ0n) is 11.1. The number of carbonyl (C=O) groups excluding carboxylic acids is 1. The highest BCUT2D eigenvalue weighted by atomic mass is 79.9. The first-order valence-electron chi connectivity index (χ1n) is 6.26. The van der Waals surface area contributed by atoms with Gasteiger partial charge in [0.05, 0.1) is 22.7 Å². The fourth-order valence-corrected chi connectivity index (χ4v) is 4.96. The summed E-state index contributed by atoms with van der Waals surface area (Å²) in [6.07, 6.45) is 0.257. The highest BCUT2D eigenvalue weighted by molar-refractivity contribution is 9.11. The molecule has 0 saturated carbocycles. The van der Waals surface area contributed by atoms with Crippen molar-refractivity contribution >= 4 is 59.2 Å². The first-order valence-corrected chi connectivity index (χ1v) is 9.33. The first-order chi connectivity index (χ1) is 10.3. The van der Waals surface area contributed by atoms with Gasteiger partial charge in [0.25, 0.3) is 10.0 Å². The van der Waals surface area contributed by atoms with E-state index in [1.54, 1.807) is 24.3 Å². The number of halogens is 2. The van der Waals surface area contributed by atoms with Crippen LogP contribution in [0.4, 0.5) is 11.4 Å². The minimum Gasteiger partial charge on any atom is -0.324 e. The van der Waals surface area contributed by atoms with Crippen molar-refractivity contribution in [1.29, 1.82) is 0 Å². The second kappa shape index (κ2) is 5.68. The molecule has 0 atom stereocenters. The average Bonchev–Trinajstić information content (AvgIpc) is 2.79. The Labute approximate surface area is 144 Å². The number of para-hydroxylation sites is 1. The van der Waals surface area contributed by atoms with E-state index in [-0.39, 0.29) is 17.2 Å². The predicted molar refractivity (Wildman–Crippen MR) is 91.4 cm³/mol. The van der Waals surface area contributed by atoms with E-state index < -0.39 is 10.0 Å². The van der Waals surface area contributed by atoms with Crippen LogP contribution in [0.1, 0.15) is 5.56 Å². The Morgan fingerprint density at radius 2 is 1.77 bits per heavy atom. The Kier molecular flexibility index (Phi) is 4.00. The fraction of sp³-hybridized carbons (Fsp3) is 0.0714. The Morgan fingerprint density at radius 1 is 1.09 bits per heavy atom. The van der Waals surface area contributed by atoms with Gasteiger partial charge >= 0.3 is 0 Å². The molecule has 0 unspecified atom stereocenters. The van der Waals surface area contributed by atoms with Crippen LogP contribution in [0, 0.1) is 0 Å². The van der Waals surface area contributed by atoms with E-state index in [4.69, 9.17) is 0 Å². The summed E-state index contributed by atoms with van der Waals surface area (Å²) in [5, 5.41) is 2.68. The lowest BCUT2D eigenvalue weighted by Crippen LogP contribution is -2.14. The van der Waals surface area contributed by atoms with E-state index in [2.05, 4.69) is 41.9 Å². The van der Waals surface area contributed by atoms with Crippen molar-refractivity contribution in [2.45, 2.75) is 11.3 Å². The van der Waals surface area contributed by atoms with E-state index in [1.807, 2.05) is 0 Å². The number of amides is 1. The Morgan fingerprint density at radius 3 is 2.45 bits per heavy atom. The summed E-state index contributed by atoms with van der Waals surface area (Å²) in [5.74, 6) is -0.146. The normalized spacial score (nSPS) is 13.6. The van der Waals surface area contributed by atoms with Gasteiger partial charge in [-0.25, -0.2) is 8.42 Å². The molecule has 0 saturated heterocycles. The van der Waals surface area contributed by atoms with Gasteiger partial charge < -0.3 is 5.32 Å². The molecule has 2 aromatic rings. The number of carbonyl (C=O) groups is 1. The van der Waals surface area contributed by atoms with E-state index in [0.717, 1.165) is 5.56 Å². The molecule has 8 heteroatoms. The third-order valence-corrected chi connectivity index (χ3v) is 5.42. The lowest BCUT2D eigenvalue weighted by Gasteiger charge is -2.12. The summed E-state index contributed by atoms with van der Waals surface area (Å²) in [6.45, 7) is 0. The Hall–Kier alpha value is -1.38. The van der Waals surface area contributed by atoms with Crippen LogP contribution in [-0.2, 0) is 21.2 Å². The molecule has 0 aliphatic carbocycles. The number of sulfonamides is 1. The number of anilines is 2. The lowest BCUT2D eigenvalue weighted by atomic mass is 10.1. The molecule has 0 fully saturated rings. The van der Waals surface area contributed by atoms with Crippen LogP contribution in [-0.4, -0.2) is 14.3 Å². The highest BCUT2D eigenvalue weighted by Crippen LogP contribution is 2.33. The molecule has 114 valence electrons. The molecular formula is C14H10Br2N2O3S. The predicted octanol–water partition coefficient (Wildman–Crippen LogP) is 3.51. The summed E-state index contributed by atoms with van der Waals surface area (Å²) in [7, 11) is -3.76. The third kappa shape index (κ3) is 3.04. The minimum atomic E-state index is -3.76. The summed E-state index contributed by atoms with van der Waals surface area (Å²) in [5.41, 5.74) is 1.66. The second-order valence-electron chi connectivity index (χ2n) is 4.78. The van der Waals surface area contributed by atoms with Crippen LogP contribution in [0.2, 0.25) is 0 Å². The van der Waals surface area contributed by atoms with E-state index in [1.165, 1.54) is 12.1 Å². The molecule has 0 bridgehead atoms. The molecule has 22 heavy (non-hydrogen) atoms. The maximum absolute atomic E-state index is 12.5. The van der Waals surface area contributed by atoms with Gasteiger partial charge in [0.15, 0.2) is 0 Å². The summed E-state index contributed by atoms with van der Waals surface area (Å²) >= 11 is 6.54. The highest BCUT2D eigenvalue weighted by Gasteiger charge is 2.23. The molecule has 0 radical (unpaired) electrons. The topological polar surface area (TPSA) is 75.3 Å². The number of hydrogen-bond donors (Lipinski definition) is 2. The van der Waals surface area contributed by atoms with Gasteiger partial charge in [-0.3, -0.25) is 9.52 Å². The van der Waals surface area contributed by atoms with Gasteiger partial charge in [0.1, 0.15) is 0 Å². The maximum atomic E-state index is 12.5. The number of hydrogen-bond acceptors (Lipinski definition) is 3. The van der Waals surface area contributed by atoms with E-state index >= 15 is 0 Å². The van der Waals surface area contributed by atoms with Gasteiger partial charge in [-0.15, -0.1) is 0 Å². The van der Waals surface area contributed by atoms with Crippen molar-refractivity contribution < 1.29 is 13.2 Å². The van der Waals surface area contributed by atoms with Crippen molar-refractivity contribution in [3.05, 3.63) is 50.9 Å². The van der Waals surface area contributed by atoms with Crippen molar-refractivity contribution in [2.75, 3.05) is 10.0 Å². The quantitative estimate of drug-likeness (QED) is 0.758. The third-order valence-electron chi connectivity index (χ3n) is 3.16. The number of benzene rings is 2. The van der Waals surface area contributed by atoms with E-state index in [0.29, 0.717) is 20.3 Å². The van der Waals surface area contributed by atoms with Crippen LogP contribution < -0.4 is 10.0 Å². The zero-order valence-corrected chi connectivity index (χ0v) is 15.0. The monoisotopic (exact) mass is 444 g/mol. The Balaban J connectivity index is 2.00. The van der Waals surface area contributed by atoms with Crippen molar-refractivity contribution in [3.8, 4) is 0 Å². The molecule has 3 rings (SSSR count). The lowest BCUT2D eigenvalue weighted by molar-refractivity contribution is -0.115. The number of rotatable bonds is 3. The van der Waals surface area contributed by atoms with Crippen molar-refractivity contribution in [2.24, 2.45) is 0 Å².